The smallest absolute Gasteiger partial charge is 0.306 e. The summed E-state index contributed by atoms with van der Waals surface area (Å²) >= 11 is 0. The summed E-state index contributed by atoms with van der Waals surface area (Å²) in [5.41, 5.74) is 12.2. The van der Waals surface area contributed by atoms with Gasteiger partial charge in [-0.2, -0.15) is 0 Å². The van der Waals surface area contributed by atoms with Crippen molar-refractivity contribution < 1.29 is 18.7 Å². The van der Waals surface area contributed by atoms with Crippen LogP contribution in [0.5, 0.6) is 5.75 Å². The number of nitrogens with zero attached hydrogens (tertiary/aromatic N) is 6. The normalized spacial score (nSPS) is 21.6. The number of fused-ring (bicyclic) bond motifs is 5. The molecule has 48 heavy (non-hydrogen) atoms. The number of methoxy groups -OCH3 is 1. The molecule has 9 rings (SSSR count). The van der Waals surface area contributed by atoms with Gasteiger partial charge in [0.25, 0.3) is 5.91 Å². The third kappa shape index (κ3) is 4.37. The molecule has 2 unspecified atom stereocenters. The van der Waals surface area contributed by atoms with Crippen LogP contribution < -0.4 is 21.0 Å². The fourth-order valence-electron chi connectivity index (χ4n) is 7.95. The van der Waals surface area contributed by atoms with Gasteiger partial charge in [0.2, 0.25) is 0 Å². The highest BCUT2D eigenvalue weighted by Crippen LogP contribution is 2.40. The van der Waals surface area contributed by atoms with Crippen molar-refractivity contribution in [1.82, 2.24) is 24.0 Å². The van der Waals surface area contributed by atoms with Crippen molar-refractivity contribution >= 4 is 46.5 Å². The van der Waals surface area contributed by atoms with Gasteiger partial charge in [-0.1, -0.05) is 6.58 Å². The van der Waals surface area contributed by atoms with Crippen LogP contribution in [0.15, 0.2) is 53.3 Å². The summed E-state index contributed by atoms with van der Waals surface area (Å²) in [5.74, 6) is 0.424. The van der Waals surface area contributed by atoms with Gasteiger partial charge in [-0.15, -0.1) is 0 Å². The van der Waals surface area contributed by atoms with E-state index in [-0.39, 0.29) is 18.0 Å². The number of hydrogen-bond donors (Lipinski definition) is 1. The summed E-state index contributed by atoms with van der Waals surface area (Å²) in [7, 11) is 3.59. The number of ether oxygens (including phenoxy) is 1. The van der Waals surface area contributed by atoms with Crippen molar-refractivity contribution in [2.45, 2.75) is 44.3 Å². The molecule has 3 fully saturated rings. The van der Waals surface area contributed by atoms with E-state index < -0.39 is 11.7 Å². The van der Waals surface area contributed by atoms with Crippen molar-refractivity contribution in [2.75, 3.05) is 13.7 Å². The summed E-state index contributed by atoms with van der Waals surface area (Å²) in [6, 6.07) is 13.5. The highest BCUT2D eigenvalue weighted by molar-refractivity contribution is 6.01. The van der Waals surface area contributed by atoms with Crippen LogP contribution in [0.25, 0.3) is 57.5 Å². The van der Waals surface area contributed by atoms with E-state index in [1.54, 1.807) is 13.2 Å². The lowest BCUT2D eigenvalue weighted by Crippen LogP contribution is -2.41. The molecule has 242 valence electrons. The van der Waals surface area contributed by atoms with Gasteiger partial charge in [-0.3, -0.25) is 9.59 Å². The molecule has 5 heterocycles. The molecule has 3 atom stereocenters. The lowest BCUT2D eigenvalue weighted by Gasteiger charge is -2.27. The first-order valence-corrected chi connectivity index (χ1v) is 16.4. The first kappa shape index (κ1) is 29.0. The molecule has 1 saturated heterocycles. The number of benzene rings is 2. The number of aromatic nitrogens is 4. The molecule has 2 amide bonds. The highest BCUT2D eigenvalue weighted by Gasteiger charge is 2.47. The van der Waals surface area contributed by atoms with Crippen LogP contribution in [0.1, 0.15) is 41.6 Å². The number of amides is 2. The van der Waals surface area contributed by atoms with E-state index in [2.05, 4.69) is 22.2 Å². The van der Waals surface area contributed by atoms with Crippen LogP contribution in [0.2, 0.25) is 0 Å². The minimum atomic E-state index is -0.895. The number of carbonyl (C=O) groups is 2. The van der Waals surface area contributed by atoms with E-state index >= 15 is 0 Å². The third-order valence-electron chi connectivity index (χ3n) is 10.6. The molecule has 4 aliphatic rings. The molecule has 10 nitrogen and oxygen atoms in total. The number of hydrogen-bond acceptors (Lipinski definition) is 6. The predicted octanol–water partition coefficient (Wildman–Crippen LogP) is 4.12. The van der Waals surface area contributed by atoms with Crippen molar-refractivity contribution in [3.8, 4) is 28.5 Å². The first-order chi connectivity index (χ1) is 23.2. The Bertz CT molecular complexity index is 2390. The summed E-state index contributed by atoms with van der Waals surface area (Å²) < 4.78 is 24.3. The van der Waals surface area contributed by atoms with Crippen LogP contribution in [0.4, 0.5) is 4.39 Å². The lowest BCUT2D eigenvalue weighted by atomic mass is 10.0. The highest BCUT2D eigenvalue weighted by atomic mass is 19.1. The van der Waals surface area contributed by atoms with Gasteiger partial charge in [0.15, 0.2) is 11.7 Å². The van der Waals surface area contributed by atoms with E-state index in [1.807, 2.05) is 46.8 Å². The molecule has 3 aromatic heterocycles. The molecule has 2 aliphatic carbocycles. The number of piperidine rings is 1. The van der Waals surface area contributed by atoms with Gasteiger partial charge in [0, 0.05) is 54.3 Å². The molecule has 5 aromatic rings. The summed E-state index contributed by atoms with van der Waals surface area (Å²) in [4.78, 5) is 41.6. The van der Waals surface area contributed by atoms with Crippen LogP contribution in [0, 0.1) is 11.8 Å². The van der Waals surface area contributed by atoms with Crippen LogP contribution in [-0.4, -0.2) is 61.6 Å². The van der Waals surface area contributed by atoms with Crippen molar-refractivity contribution in [2.24, 2.45) is 29.6 Å². The lowest BCUT2D eigenvalue weighted by molar-refractivity contribution is -0.115. The average Bonchev–Trinajstić information content (AvgIpc) is 3.48. The predicted molar refractivity (Wildman–Crippen MR) is 180 cm³/mol. The maximum atomic E-state index is 14.1. The minimum absolute atomic E-state index is 0.0317. The zero-order valence-corrected chi connectivity index (χ0v) is 26.7. The maximum Gasteiger partial charge on any atom is 0.306 e. The Morgan fingerprint density at radius 3 is 2.67 bits per heavy atom. The maximum absolute atomic E-state index is 14.1. The molecule has 2 aliphatic heterocycles. The Labute approximate surface area is 275 Å². The van der Waals surface area contributed by atoms with Gasteiger partial charge >= 0.3 is 5.91 Å². The molecule has 2 aromatic carbocycles. The number of pyridine rings is 1. The molecule has 2 bridgehead atoms. The number of likely N-dealkylation sites (tertiary alicyclic amines) is 1. The van der Waals surface area contributed by atoms with E-state index in [4.69, 9.17) is 20.4 Å². The van der Waals surface area contributed by atoms with Gasteiger partial charge in [-0.25, -0.2) is 19.4 Å². The zero-order valence-electron chi connectivity index (χ0n) is 26.7. The number of imidazole rings is 1. The number of carbonyl (C=O) groups excluding carboxylic acids is 2. The minimum Gasteiger partial charge on any atom is -0.494 e. The second kappa shape index (κ2) is 10.4. The Hall–Kier alpha value is -5.16. The molecule has 0 spiro atoms. The van der Waals surface area contributed by atoms with Gasteiger partial charge in [0.1, 0.15) is 16.9 Å². The van der Waals surface area contributed by atoms with Crippen LogP contribution in [0.3, 0.4) is 0 Å². The van der Waals surface area contributed by atoms with Crippen molar-refractivity contribution in [3.05, 3.63) is 70.0 Å². The quantitative estimate of drug-likeness (QED) is 0.297. The fourth-order valence-corrected chi connectivity index (χ4v) is 7.95. The number of rotatable bonds is 6. The molecular formula is C37H34FN7O3. The Balaban J connectivity index is 1.16. The average molecular weight is 644 g/mol. The topological polar surface area (TPSA) is 121 Å². The van der Waals surface area contributed by atoms with Gasteiger partial charge in [-0.05, 0) is 91.3 Å². The molecule has 2 N–H and O–H groups in total. The number of nitrogens with two attached hydrogens (primary N) is 1. The Morgan fingerprint density at radius 2 is 1.94 bits per heavy atom. The largest absolute Gasteiger partial charge is 0.494 e. The first-order valence-electron chi connectivity index (χ1n) is 16.4. The number of aryl methyl sites for hydroxylation is 1. The van der Waals surface area contributed by atoms with E-state index in [1.165, 1.54) is 6.08 Å². The Kier molecular flexibility index (Phi) is 6.30. The zero-order chi connectivity index (χ0) is 33.0. The van der Waals surface area contributed by atoms with E-state index in [9.17, 15) is 14.0 Å². The molecule has 11 heteroatoms. The standard InChI is InChI=1S/C37H34FN7O3/c1-18-10-22(11-23-12-25(38)36(46)42-32(18)23)26-8-6-20-14-29(44(34(20)40-26)16-19-4-5-19)35-41-27-13-24(15-30(48-3)33(27)43(35)2)37(47)45-17-21-7-9-28(45)31(21)39/h6,8,10-15,19,21,28,31H,1,4-5,7,9,16-17,39H2,2-3H3/t21?,28?,31-/m1/s1. The summed E-state index contributed by atoms with van der Waals surface area (Å²) in [6.07, 6.45) is 5.53. The van der Waals surface area contributed by atoms with Crippen LogP contribution in [-0.2, 0) is 18.4 Å². The Morgan fingerprint density at radius 1 is 1.10 bits per heavy atom. The third-order valence-corrected chi connectivity index (χ3v) is 10.6. The molecule has 0 radical (unpaired) electrons. The van der Waals surface area contributed by atoms with E-state index in [0.717, 1.165) is 65.9 Å². The summed E-state index contributed by atoms with van der Waals surface area (Å²) in [6.45, 7) is 5.55. The second-order valence-corrected chi connectivity index (χ2v) is 13.7. The summed E-state index contributed by atoms with van der Waals surface area (Å²) in [5, 5.41) is 1.87. The monoisotopic (exact) mass is 643 g/mol. The van der Waals surface area contributed by atoms with Crippen LogP contribution >= 0.6 is 0 Å². The van der Waals surface area contributed by atoms with Gasteiger partial charge < -0.3 is 24.5 Å². The van der Waals surface area contributed by atoms with Crippen molar-refractivity contribution in [3.63, 3.8) is 0 Å². The number of halogens is 1. The van der Waals surface area contributed by atoms with Crippen molar-refractivity contribution in [1.29, 1.82) is 0 Å². The molecular weight excluding hydrogens is 609 g/mol. The van der Waals surface area contributed by atoms with Gasteiger partial charge in [0.05, 0.1) is 29.4 Å². The molecule has 2 saturated carbocycles. The second-order valence-electron chi connectivity index (χ2n) is 13.7. The van der Waals surface area contributed by atoms with E-state index in [0.29, 0.717) is 57.0 Å². The fraction of sp³-hybridized carbons (Fsp3) is 0.324. The SMILES string of the molecule is C=c1cc(-c2ccc3cc(-c4nc5cc(C(=O)N6CC7CCC6[C@@H]7N)cc(OC)c5n4C)n(CC4CC4)c3n2)cc2c1=NC(=O)C(F)=C2.